The number of anilines is 1. The second kappa shape index (κ2) is 4.54. The Balaban J connectivity index is 2.03. The summed E-state index contributed by atoms with van der Waals surface area (Å²) in [6.45, 7) is 0.508. The quantitative estimate of drug-likeness (QED) is 0.702. The number of nitrogens with zero attached hydrogens (tertiary/aromatic N) is 2. The van der Waals surface area contributed by atoms with Crippen LogP contribution in [0.25, 0.3) is 0 Å². The van der Waals surface area contributed by atoms with E-state index in [0.29, 0.717) is 18.8 Å². The molecule has 1 amide bonds. The number of nitrogens with one attached hydrogen (secondary N) is 1. The lowest BCUT2D eigenvalue weighted by atomic mass is 10.1. The lowest BCUT2D eigenvalue weighted by molar-refractivity contribution is 0.187. The fourth-order valence-electron chi connectivity index (χ4n) is 1.70. The summed E-state index contributed by atoms with van der Waals surface area (Å²) in [5, 5.41) is 19.7. The molecule has 3 N–H and O–H groups in total. The summed E-state index contributed by atoms with van der Waals surface area (Å²) in [4.78, 5) is 15.9. The fourth-order valence-corrected chi connectivity index (χ4v) is 1.70. The Morgan fingerprint density at radius 3 is 2.88 bits per heavy atom. The van der Waals surface area contributed by atoms with Crippen molar-refractivity contribution in [3.05, 3.63) is 23.6 Å². The molecule has 1 aliphatic heterocycles. The maximum Gasteiger partial charge on any atom is 0.405 e. The smallest absolute Gasteiger partial charge is 0.405 e. The summed E-state index contributed by atoms with van der Waals surface area (Å²) < 4.78 is 13.4. The molecule has 1 aromatic rings. The van der Waals surface area contributed by atoms with Crippen molar-refractivity contribution in [3.63, 3.8) is 0 Å². The standard InChI is InChI=1S/C10H12FN3O3/c11-8-2-1-6(5-15)12-9(8)14-3-7(4-14)13-10(16)17/h1-2,7,13,15H,3-5H2,(H,16,17). The summed E-state index contributed by atoms with van der Waals surface area (Å²) in [6.07, 6.45) is -1.09. The van der Waals surface area contributed by atoms with Crippen LogP contribution >= 0.6 is 0 Å². The zero-order valence-corrected chi connectivity index (χ0v) is 8.93. The van der Waals surface area contributed by atoms with Crippen LogP contribution in [-0.4, -0.2) is 40.4 Å². The van der Waals surface area contributed by atoms with Gasteiger partial charge in [0.25, 0.3) is 0 Å². The zero-order valence-electron chi connectivity index (χ0n) is 8.93. The fraction of sp³-hybridized carbons (Fsp3) is 0.400. The molecule has 0 atom stereocenters. The van der Waals surface area contributed by atoms with Crippen molar-refractivity contribution in [2.45, 2.75) is 12.6 Å². The van der Waals surface area contributed by atoms with Crippen LogP contribution in [0.2, 0.25) is 0 Å². The summed E-state index contributed by atoms with van der Waals surface area (Å²) in [6, 6.07) is 2.45. The van der Waals surface area contributed by atoms with Crippen molar-refractivity contribution in [1.82, 2.24) is 10.3 Å². The monoisotopic (exact) mass is 241 g/mol. The first kappa shape index (κ1) is 11.6. The highest BCUT2D eigenvalue weighted by molar-refractivity contribution is 5.65. The van der Waals surface area contributed by atoms with Crippen molar-refractivity contribution < 1.29 is 19.4 Å². The second-order valence-corrected chi connectivity index (χ2v) is 3.82. The van der Waals surface area contributed by atoms with Gasteiger partial charge in [0.2, 0.25) is 0 Å². The molecular formula is C10H12FN3O3. The lowest BCUT2D eigenvalue weighted by Gasteiger charge is -2.39. The zero-order chi connectivity index (χ0) is 12.4. The van der Waals surface area contributed by atoms with Crippen molar-refractivity contribution in [1.29, 1.82) is 0 Å². The molecule has 1 saturated heterocycles. The van der Waals surface area contributed by atoms with E-state index in [-0.39, 0.29) is 18.5 Å². The maximum atomic E-state index is 13.4. The van der Waals surface area contributed by atoms with E-state index in [2.05, 4.69) is 10.3 Å². The minimum absolute atomic E-state index is 0.153. The highest BCUT2D eigenvalue weighted by atomic mass is 19.1. The predicted octanol–water partition coefficient (Wildman–Crippen LogP) is 0.169. The number of aliphatic hydroxyl groups excluding tert-OH is 1. The Labute approximate surface area is 96.7 Å². The molecule has 0 radical (unpaired) electrons. The summed E-state index contributed by atoms with van der Waals surface area (Å²) >= 11 is 0. The van der Waals surface area contributed by atoms with Crippen LogP contribution in [0.4, 0.5) is 15.0 Å². The second-order valence-electron chi connectivity index (χ2n) is 3.82. The van der Waals surface area contributed by atoms with Crippen molar-refractivity contribution >= 4 is 11.9 Å². The molecule has 0 aliphatic carbocycles. The van der Waals surface area contributed by atoms with Gasteiger partial charge in [0, 0.05) is 13.1 Å². The van der Waals surface area contributed by atoms with Crippen molar-refractivity contribution in [2.75, 3.05) is 18.0 Å². The molecule has 1 aliphatic rings. The number of aliphatic hydroxyl groups is 1. The normalized spacial score (nSPS) is 15.5. The van der Waals surface area contributed by atoms with E-state index in [9.17, 15) is 9.18 Å². The molecule has 7 heteroatoms. The molecule has 6 nitrogen and oxygen atoms in total. The molecule has 17 heavy (non-hydrogen) atoms. The summed E-state index contributed by atoms with van der Waals surface area (Å²) in [7, 11) is 0. The maximum absolute atomic E-state index is 13.4. The topological polar surface area (TPSA) is 85.7 Å². The van der Waals surface area contributed by atoms with E-state index < -0.39 is 11.9 Å². The van der Waals surface area contributed by atoms with Gasteiger partial charge < -0.3 is 20.4 Å². The highest BCUT2D eigenvalue weighted by Gasteiger charge is 2.30. The molecular weight excluding hydrogens is 229 g/mol. The third-order valence-electron chi connectivity index (χ3n) is 2.56. The molecule has 1 fully saturated rings. The SMILES string of the molecule is O=C(O)NC1CN(c2nc(CO)ccc2F)C1. The minimum Gasteiger partial charge on any atom is -0.465 e. The number of amides is 1. The molecule has 1 aromatic heterocycles. The van der Waals surface area contributed by atoms with Gasteiger partial charge in [0.1, 0.15) is 0 Å². The van der Waals surface area contributed by atoms with Gasteiger partial charge in [0.05, 0.1) is 18.3 Å². The van der Waals surface area contributed by atoms with Gasteiger partial charge in [-0.1, -0.05) is 0 Å². The van der Waals surface area contributed by atoms with Crippen LogP contribution in [0.5, 0.6) is 0 Å². The van der Waals surface area contributed by atoms with Crippen LogP contribution < -0.4 is 10.2 Å². The first-order valence-corrected chi connectivity index (χ1v) is 5.11. The van der Waals surface area contributed by atoms with Gasteiger partial charge >= 0.3 is 6.09 Å². The van der Waals surface area contributed by atoms with Crippen LogP contribution in [0.15, 0.2) is 12.1 Å². The van der Waals surface area contributed by atoms with E-state index in [1.165, 1.54) is 12.1 Å². The number of rotatable bonds is 3. The Bertz CT molecular complexity index is 435. The van der Waals surface area contributed by atoms with Gasteiger partial charge in [0.15, 0.2) is 11.6 Å². The first-order valence-electron chi connectivity index (χ1n) is 5.11. The number of carboxylic acid groups (broad SMARTS) is 1. The van der Waals surface area contributed by atoms with Crippen LogP contribution in [0.3, 0.4) is 0 Å². The van der Waals surface area contributed by atoms with E-state index >= 15 is 0 Å². The van der Waals surface area contributed by atoms with Crippen LogP contribution in [-0.2, 0) is 6.61 Å². The van der Waals surface area contributed by atoms with Crippen LogP contribution in [0, 0.1) is 5.82 Å². The average Bonchev–Trinajstić information content (AvgIpc) is 2.24. The van der Waals surface area contributed by atoms with E-state index in [1.807, 2.05) is 0 Å². The molecule has 0 saturated carbocycles. The lowest BCUT2D eigenvalue weighted by Crippen LogP contribution is -2.59. The number of aromatic nitrogens is 1. The number of carbonyl (C=O) groups is 1. The Morgan fingerprint density at radius 1 is 1.59 bits per heavy atom. The molecule has 0 bridgehead atoms. The average molecular weight is 241 g/mol. The summed E-state index contributed by atoms with van der Waals surface area (Å²) in [5.41, 5.74) is 0.385. The minimum atomic E-state index is -1.09. The molecule has 92 valence electrons. The van der Waals surface area contributed by atoms with Gasteiger partial charge in [-0.2, -0.15) is 0 Å². The number of pyridine rings is 1. The van der Waals surface area contributed by atoms with Gasteiger partial charge in [-0.3, -0.25) is 0 Å². The highest BCUT2D eigenvalue weighted by Crippen LogP contribution is 2.22. The summed E-state index contributed by atoms with van der Waals surface area (Å²) in [5.74, 6) is -0.323. The van der Waals surface area contributed by atoms with Gasteiger partial charge in [-0.25, -0.2) is 14.2 Å². The Kier molecular flexibility index (Phi) is 3.10. The van der Waals surface area contributed by atoms with Gasteiger partial charge in [-0.05, 0) is 12.1 Å². The van der Waals surface area contributed by atoms with E-state index in [0.717, 1.165) is 0 Å². The molecule has 2 heterocycles. The Morgan fingerprint density at radius 2 is 2.29 bits per heavy atom. The van der Waals surface area contributed by atoms with Gasteiger partial charge in [-0.15, -0.1) is 0 Å². The molecule has 0 spiro atoms. The predicted molar refractivity (Wildman–Crippen MR) is 57.3 cm³/mol. The third kappa shape index (κ3) is 2.44. The van der Waals surface area contributed by atoms with Crippen LogP contribution in [0.1, 0.15) is 5.69 Å². The van der Waals surface area contributed by atoms with Crippen molar-refractivity contribution in [3.8, 4) is 0 Å². The number of halogens is 1. The molecule has 0 aromatic carbocycles. The third-order valence-corrected chi connectivity index (χ3v) is 2.56. The molecule has 0 unspecified atom stereocenters. The van der Waals surface area contributed by atoms with E-state index in [4.69, 9.17) is 10.2 Å². The number of hydrogen-bond acceptors (Lipinski definition) is 4. The number of hydrogen-bond donors (Lipinski definition) is 3. The first-order chi connectivity index (χ1) is 8.10. The van der Waals surface area contributed by atoms with E-state index in [1.54, 1.807) is 4.90 Å². The Hall–Kier alpha value is -1.89. The molecule has 2 rings (SSSR count). The van der Waals surface area contributed by atoms with Crippen molar-refractivity contribution in [2.24, 2.45) is 0 Å². The largest absolute Gasteiger partial charge is 0.465 e.